The summed E-state index contributed by atoms with van der Waals surface area (Å²) in [5.41, 5.74) is 1.22. The maximum Gasteiger partial charge on any atom is 0.255 e. The molecule has 2 aromatic heterocycles. The molecule has 0 aliphatic carbocycles. The number of methoxy groups -OCH3 is 1. The minimum absolute atomic E-state index is 0.000163. The summed E-state index contributed by atoms with van der Waals surface area (Å²) in [4.78, 5) is 36.8. The quantitative estimate of drug-likeness (QED) is 0.673. The molecular weight excluding hydrogens is 334 g/mol. The Morgan fingerprint density at radius 2 is 1.96 bits per heavy atom. The Morgan fingerprint density at radius 1 is 1.19 bits per heavy atom. The van der Waals surface area contributed by atoms with Gasteiger partial charge in [-0.15, -0.1) is 0 Å². The lowest BCUT2D eigenvalue weighted by Gasteiger charge is -2.11. The Morgan fingerprint density at radius 3 is 2.62 bits per heavy atom. The maximum absolute atomic E-state index is 12.3. The molecule has 1 aromatic carbocycles. The Hall–Kier alpha value is -3.55. The van der Waals surface area contributed by atoms with Crippen LogP contribution in [0.1, 0.15) is 10.4 Å². The number of benzene rings is 1. The van der Waals surface area contributed by atoms with Crippen LogP contribution in [-0.4, -0.2) is 39.0 Å². The van der Waals surface area contributed by atoms with Gasteiger partial charge in [-0.3, -0.25) is 14.2 Å². The maximum atomic E-state index is 12.3. The van der Waals surface area contributed by atoms with Crippen LogP contribution in [0.2, 0.25) is 0 Å². The van der Waals surface area contributed by atoms with Crippen molar-refractivity contribution < 1.29 is 9.53 Å². The van der Waals surface area contributed by atoms with Crippen LogP contribution in [0.3, 0.4) is 0 Å². The van der Waals surface area contributed by atoms with Crippen molar-refractivity contribution in [2.24, 2.45) is 7.05 Å². The van der Waals surface area contributed by atoms with Gasteiger partial charge >= 0.3 is 0 Å². The number of anilines is 1. The third kappa shape index (κ3) is 3.75. The smallest absolute Gasteiger partial charge is 0.255 e. The zero-order chi connectivity index (χ0) is 18.5. The molecule has 1 N–H and O–H groups in total. The van der Waals surface area contributed by atoms with E-state index in [1.807, 2.05) is 0 Å². The summed E-state index contributed by atoms with van der Waals surface area (Å²) < 4.78 is 6.42. The van der Waals surface area contributed by atoms with Crippen molar-refractivity contribution in [3.05, 3.63) is 64.8 Å². The summed E-state index contributed by atoms with van der Waals surface area (Å²) >= 11 is 0. The molecule has 0 amide bonds. The highest BCUT2D eigenvalue weighted by molar-refractivity contribution is 5.98. The predicted octanol–water partition coefficient (Wildman–Crippen LogP) is 1.54. The third-order valence-corrected chi connectivity index (χ3v) is 3.80. The van der Waals surface area contributed by atoms with Gasteiger partial charge in [0.15, 0.2) is 5.78 Å². The van der Waals surface area contributed by atoms with E-state index in [1.54, 1.807) is 50.7 Å². The van der Waals surface area contributed by atoms with Gasteiger partial charge in [-0.2, -0.15) is 0 Å². The van der Waals surface area contributed by atoms with Crippen LogP contribution in [0.25, 0.3) is 11.4 Å². The van der Waals surface area contributed by atoms with Crippen LogP contribution in [0.15, 0.2) is 53.7 Å². The Kier molecular flexibility index (Phi) is 5.02. The number of nitrogens with zero attached hydrogens (tertiary/aromatic N) is 4. The molecule has 0 bridgehead atoms. The molecule has 132 valence electrons. The molecule has 0 radical (unpaired) electrons. The molecule has 0 aliphatic rings. The average molecular weight is 351 g/mol. The van der Waals surface area contributed by atoms with E-state index in [0.717, 1.165) is 0 Å². The monoisotopic (exact) mass is 351 g/mol. The molecule has 0 atom stereocenters. The molecule has 0 saturated carbocycles. The van der Waals surface area contributed by atoms with Gasteiger partial charge in [-0.05, 0) is 30.3 Å². The SMILES string of the molecule is COc1ccc(C(=O)CNc2nc(-c3ccncn3)cc(=O)n2C)cc1. The van der Waals surface area contributed by atoms with E-state index in [9.17, 15) is 9.59 Å². The second-order valence-corrected chi connectivity index (χ2v) is 5.46. The summed E-state index contributed by atoms with van der Waals surface area (Å²) in [6, 6.07) is 9.86. The first-order chi connectivity index (χ1) is 12.6. The number of aromatic nitrogens is 4. The van der Waals surface area contributed by atoms with E-state index in [1.165, 1.54) is 17.0 Å². The molecule has 0 spiro atoms. The van der Waals surface area contributed by atoms with Crippen molar-refractivity contribution >= 4 is 11.7 Å². The second kappa shape index (κ2) is 7.56. The minimum Gasteiger partial charge on any atom is -0.497 e. The van der Waals surface area contributed by atoms with Crippen LogP contribution in [0.4, 0.5) is 5.95 Å². The van der Waals surface area contributed by atoms with Gasteiger partial charge in [-0.1, -0.05) is 0 Å². The first kappa shape index (κ1) is 17.3. The first-order valence-electron chi connectivity index (χ1n) is 7.84. The molecule has 0 saturated heterocycles. The number of hydrogen-bond donors (Lipinski definition) is 1. The number of nitrogens with one attached hydrogen (secondary N) is 1. The van der Waals surface area contributed by atoms with Gasteiger partial charge in [0.25, 0.3) is 5.56 Å². The van der Waals surface area contributed by atoms with Crippen LogP contribution in [0, 0.1) is 0 Å². The Bertz CT molecular complexity index is 968. The molecule has 0 aliphatic heterocycles. The van der Waals surface area contributed by atoms with Crippen molar-refractivity contribution in [3.8, 4) is 17.1 Å². The van der Waals surface area contributed by atoms with Gasteiger partial charge in [0.05, 0.1) is 25.0 Å². The number of Topliss-reactive ketones (excluding diaryl/α,β-unsaturated/α-hetero) is 1. The van der Waals surface area contributed by atoms with Crippen molar-refractivity contribution in [2.45, 2.75) is 0 Å². The van der Waals surface area contributed by atoms with Gasteiger partial charge in [0.2, 0.25) is 5.95 Å². The zero-order valence-electron chi connectivity index (χ0n) is 14.3. The highest BCUT2D eigenvalue weighted by Gasteiger charge is 2.11. The van der Waals surface area contributed by atoms with Crippen molar-refractivity contribution in [1.29, 1.82) is 0 Å². The summed E-state index contributed by atoms with van der Waals surface area (Å²) in [5, 5.41) is 2.92. The highest BCUT2D eigenvalue weighted by Crippen LogP contribution is 2.14. The largest absolute Gasteiger partial charge is 0.497 e. The summed E-state index contributed by atoms with van der Waals surface area (Å²) in [5.74, 6) is 0.832. The molecular formula is C18H17N5O3. The highest BCUT2D eigenvalue weighted by atomic mass is 16.5. The number of ketones is 1. The summed E-state index contributed by atoms with van der Waals surface area (Å²) in [6.45, 7) is -0.000163. The number of carbonyl (C=O) groups is 1. The molecule has 8 heteroatoms. The number of hydrogen-bond acceptors (Lipinski definition) is 7. The van der Waals surface area contributed by atoms with E-state index in [0.29, 0.717) is 22.7 Å². The zero-order valence-corrected chi connectivity index (χ0v) is 14.3. The average Bonchev–Trinajstić information content (AvgIpc) is 2.69. The fraction of sp³-hybridized carbons (Fsp3) is 0.167. The summed E-state index contributed by atoms with van der Waals surface area (Å²) in [6.07, 6.45) is 2.95. The van der Waals surface area contributed by atoms with Crippen molar-refractivity contribution in [1.82, 2.24) is 19.5 Å². The summed E-state index contributed by atoms with van der Waals surface area (Å²) in [7, 11) is 3.15. The predicted molar refractivity (Wildman–Crippen MR) is 96.3 cm³/mol. The number of ether oxygens (including phenoxy) is 1. The van der Waals surface area contributed by atoms with Gasteiger partial charge < -0.3 is 10.1 Å². The van der Waals surface area contributed by atoms with Gasteiger partial charge in [0.1, 0.15) is 12.1 Å². The van der Waals surface area contributed by atoms with Crippen molar-refractivity contribution in [3.63, 3.8) is 0 Å². The first-order valence-corrected chi connectivity index (χ1v) is 7.84. The lowest BCUT2D eigenvalue weighted by molar-refractivity contribution is 0.101. The molecule has 3 aromatic rings. The van der Waals surface area contributed by atoms with E-state index in [-0.39, 0.29) is 23.8 Å². The van der Waals surface area contributed by atoms with E-state index >= 15 is 0 Å². The molecule has 3 rings (SSSR count). The van der Waals surface area contributed by atoms with E-state index in [4.69, 9.17) is 4.74 Å². The van der Waals surface area contributed by atoms with E-state index in [2.05, 4.69) is 20.3 Å². The molecule has 0 fully saturated rings. The fourth-order valence-electron chi connectivity index (χ4n) is 2.31. The van der Waals surface area contributed by atoms with Crippen LogP contribution >= 0.6 is 0 Å². The van der Waals surface area contributed by atoms with E-state index < -0.39 is 0 Å². The topological polar surface area (TPSA) is 99.0 Å². The molecule has 2 heterocycles. The molecule has 0 unspecified atom stereocenters. The van der Waals surface area contributed by atoms with Gasteiger partial charge in [0, 0.05) is 24.9 Å². The third-order valence-electron chi connectivity index (χ3n) is 3.80. The van der Waals surface area contributed by atoms with Crippen LogP contribution < -0.4 is 15.6 Å². The lowest BCUT2D eigenvalue weighted by Crippen LogP contribution is -2.24. The minimum atomic E-state index is -0.256. The lowest BCUT2D eigenvalue weighted by atomic mass is 10.1. The van der Waals surface area contributed by atoms with Crippen LogP contribution in [-0.2, 0) is 7.05 Å². The standard InChI is InChI=1S/C18H17N5O3/c1-23-17(25)9-15(14-7-8-19-11-21-14)22-18(23)20-10-16(24)12-3-5-13(26-2)6-4-12/h3-9,11H,10H2,1-2H3,(H,20,22). The Labute approximate surface area is 149 Å². The number of rotatable bonds is 6. The van der Waals surface area contributed by atoms with Crippen molar-refractivity contribution in [2.75, 3.05) is 19.0 Å². The van der Waals surface area contributed by atoms with Crippen LogP contribution in [0.5, 0.6) is 5.75 Å². The Balaban J connectivity index is 1.79. The normalized spacial score (nSPS) is 10.4. The molecule has 8 nitrogen and oxygen atoms in total. The van der Waals surface area contributed by atoms with Gasteiger partial charge in [-0.25, -0.2) is 15.0 Å². The molecule has 26 heavy (non-hydrogen) atoms. The number of carbonyl (C=O) groups excluding carboxylic acids is 1. The second-order valence-electron chi connectivity index (χ2n) is 5.46. The fourth-order valence-corrected chi connectivity index (χ4v) is 2.31.